The highest BCUT2D eigenvalue weighted by Gasteiger charge is 2.34. The van der Waals surface area contributed by atoms with Gasteiger partial charge in [-0.25, -0.2) is 4.79 Å². The van der Waals surface area contributed by atoms with Gasteiger partial charge in [-0.15, -0.1) is 0 Å². The first-order chi connectivity index (χ1) is 8.58. The van der Waals surface area contributed by atoms with Crippen LogP contribution < -0.4 is 0 Å². The summed E-state index contributed by atoms with van der Waals surface area (Å²) in [7, 11) is 1.29. The van der Waals surface area contributed by atoms with Gasteiger partial charge in [0.25, 0.3) is 0 Å². The summed E-state index contributed by atoms with van der Waals surface area (Å²) in [4.78, 5) is 24.2. The normalized spacial score (nSPS) is 12.9. The summed E-state index contributed by atoms with van der Waals surface area (Å²) >= 11 is 0. The highest BCUT2D eigenvalue weighted by molar-refractivity contribution is 5.76. The van der Waals surface area contributed by atoms with E-state index < -0.39 is 30.6 Å². The van der Waals surface area contributed by atoms with Gasteiger partial charge in [-0.05, 0) is 6.42 Å². The van der Waals surface area contributed by atoms with Crippen molar-refractivity contribution in [2.45, 2.75) is 26.4 Å². The van der Waals surface area contributed by atoms with Crippen molar-refractivity contribution in [3.63, 3.8) is 0 Å². The van der Waals surface area contributed by atoms with Gasteiger partial charge in [0.2, 0.25) is 0 Å². The van der Waals surface area contributed by atoms with Gasteiger partial charge in [-0.3, -0.25) is 4.79 Å². The van der Waals surface area contributed by atoms with Crippen molar-refractivity contribution in [3.8, 4) is 0 Å². The van der Waals surface area contributed by atoms with Gasteiger partial charge >= 0.3 is 18.2 Å². The Morgan fingerprint density at radius 3 is 2.21 bits per heavy atom. The number of alkyl halides is 3. The van der Waals surface area contributed by atoms with E-state index in [-0.39, 0.29) is 13.1 Å². The lowest BCUT2D eigenvalue weighted by Crippen LogP contribution is -2.47. The summed E-state index contributed by atoms with van der Waals surface area (Å²) in [5.41, 5.74) is 0. The summed E-state index contributed by atoms with van der Waals surface area (Å²) in [6, 6.07) is -0.813. The van der Waals surface area contributed by atoms with Crippen LogP contribution in [0.4, 0.5) is 18.0 Å². The molecule has 1 unspecified atom stereocenters. The molecule has 0 rings (SSSR count). The summed E-state index contributed by atoms with van der Waals surface area (Å²) < 4.78 is 37.0. The van der Waals surface area contributed by atoms with Crippen LogP contribution in [0, 0.1) is 5.92 Å². The van der Waals surface area contributed by atoms with Gasteiger partial charge in [0.15, 0.2) is 0 Å². The number of carboxylic acid groups (broad SMARTS) is 1. The van der Waals surface area contributed by atoms with Crippen LogP contribution in [0.5, 0.6) is 0 Å². The van der Waals surface area contributed by atoms with Gasteiger partial charge < -0.3 is 14.9 Å². The number of aliphatic carboxylic acids is 1. The molecule has 0 heterocycles. The van der Waals surface area contributed by atoms with E-state index in [1.54, 1.807) is 6.92 Å². The van der Waals surface area contributed by atoms with Crippen molar-refractivity contribution in [1.82, 2.24) is 9.80 Å². The molecule has 0 saturated carbocycles. The first kappa shape index (κ1) is 17.5. The number of carbonyl (C=O) groups is 2. The molecule has 0 aromatic heterocycles. The second-order valence-corrected chi connectivity index (χ2v) is 4.44. The fourth-order valence-electron chi connectivity index (χ4n) is 1.54. The third kappa shape index (κ3) is 6.88. The first-order valence-corrected chi connectivity index (χ1v) is 5.88. The third-order valence-electron chi connectivity index (χ3n) is 2.43. The lowest BCUT2D eigenvalue weighted by molar-refractivity contribution is -0.143. The Hall–Kier alpha value is -1.47. The predicted molar refractivity (Wildman–Crippen MR) is 62.7 cm³/mol. The highest BCUT2D eigenvalue weighted by Crippen LogP contribution is 2.17. The zero-order chi connectivity index (χ0) is 15.2. The smallest absolute Gasteiger partial charge is 0.406 e. The first-order valence-electron chi connectivity index (χ1n) is 5.88. The van der Waals surface area contributed by atoms with Crippen molar-refractivity contribution >= 4 is 12.0 Å². The SMILES string of the molecule is CCCN(CC(F)(F)F)C(=O)N(C)CC(C)C(=O)O. The summed E-state index contributed by atoms with van der Waals surface area (Å²) in [6.07, 6.45) is -4.08. The van der Waals surface area contributed by atoms with Crippen molar-refractivity contribution in [3.05, 3.63) is 0 Å². The van der Waals surface area contributed by atoms with E-state index in [4.69, 9.17) is 5.11 Å². The molecule has 0 bridgehead atoms. The van der Waals surface area contributed by atoms with E-state index in [0.717, 1.165) is 4.90 Å². The largest absolute Gasteiger partial charge is 0.481 e. The van der Waals surface area contributed by atoms with E-state index >= 15 is 0 Å². The molecule has 0 aromatic rings. The number of hydrogen-bond donors (Lipinski definition) is 1. The summed E-state index contributed by atoms with van der Waals surface area (Å²) in [6.45, 7) is 1.57. The molecule has 2 amide bonds. The standard InChI is InChI=1S/C11H19F3N2O3/c1-4-5-16(7-11(12,13)14)10(19)15(3)6-8(2)9(17)18/h8H,4-7H2,1-3H3,(H,17,18). The topological polar surface area (TPSA) is 60.9 Å². The fourth-order valence-corrected chi connectivity index (χ4v) is 1.54. The maximum atomic E-state index is 12.3. The zero-order valence-electron chi connectivity index (χ0n) is 11.2. The van der Waals surface area contributed by atoms with Gasteiger partial charge in [0, 0.05) is 20.1 Å². The van der Waals surface area contributed by atoms with Crippen molar-refractivity contribution < 1.29 is 27.9 Å². The average molecular weight is 284 g/mol. The molecule has 0 spiro atoms. The predicted octanol–water partition coefficient (Wildman–Crippen LogP) is 2.03. The summed E-state index contributed by atoms with van der Waals surface area (Å²) in [5, 5.41) is 8.71. The molecule has 0 radical (unpaired) electrons. The minimum Gasteiger partial charge on any atom is -0.481 e. The molecular formula is C11H19F3N2O3. The van der Waals surface area contributed by atoms with Crippen LogP contribution in [0.2, 0.25) is 0 Å². The number of nitrogens with zero attached hydrogens (tertiary/aromatic N) is 2. The lowest BCUT2D eigenvalue weighted by Gasteiger charge is -2.29. The second kappa shape index (κ2) is 7.20. The molecule has 1 N–H and O–H groups in total. The molecule has 5 nitrogen and oxygen atoms in total. The number of urea groups is 1. The maximum Gasteiger partial charge on any atom is 0.406 e. The Morgan fingerprint density at radius 1 is 1.32 bits per heavy atom. The number of amides is 2. The average Bonchev–Trinajstić information content (AvgIpc) is 2.25. The molecule has 0 saturated heterocycles. The molecule has 112 valence electrons. The monoisotopic (exact) mass is 284 g/mol. The Labute approximate surface area is 110 Å². The van der Waals surface area contributed by atoms with Gasteiger partial charge in [-0.1, -0.05) is 13.8 Å². The molecule has 8 heteroatoms. The van der Waals surface area contributed by atoms with Crippen LogP contribution in [0.1, 0.15) is 20.3 Å². The van der Waals surface area contributed by atoms with Crippen LogP contribution in [0.3, 0.4) is 0 Å². The highest BCUT2D eigenvalue weighted by atomic mass is 19.4. The van der Waals surface area contributed by atoms with Crippen LogP contribution in [-0.4, -0.2) is 59.8 Å². The lowest BCUT2D eigenvalue weighted by atomic mass is 10.2. The van der Waals surface area contributed by atoms with E-state index in [9.17, 15) is 22.8 Å². The van der Waals surface area contributed by atoms with Crippen molar-refractivity contribution in [2.24, 2.45) is 5.92 Å². The molecule has 19 heavy (non-hydrogen) atoms. The van der Waals surface area contributed by atoms with Gasteiger partial charge in [-0.2, -0.15) is 13.2 Å². The van der Waals surface area contributed by atoms with Crippen LogP contribution in [0.25, 0.3) is 0 Å². The molecular weight excluding hydrogens is 265 g/mol. The second-order valence-electron chi connectivity index (χ2n) is 4.44. The Kier molecular flexibility index (Phi) is 6.64. The van der Waals surface area contributed by atoms with Crippen molar-refractivity contribution in [1.29, 1.82) is 0 Å². The Bertz CT molecular complexity index is 321. The number of carbonyl (C=O) groups excluding carboxylic acids is 1. The maximum absolute atomic E-state index is 12.3. The molecule has 0 aromatic carbocycles. The van der Waals surface area contributed by atoms with Crippen LogP contribution >= 0.6 is 0 Å². The van der Waals surface area contributed by atoms with Crippen LogP contribution in [-0.2, 0) is 4.79 Å². The molecule has 0 aliphatic rings. The van der Waals surface area contributed by atoms with E-state index in [1.807, 2.05) is 0 Å². The van der Waals surface area contributed by atoms with Gasteiger partial charge in [0.05, 0.1) is 5.92 Å². The van der Waals surface area contributed by atoms with Crippen molar-refractivity contribution in [2.75, 3.05) is 26.7 Å². The van der Waals surface area contributed by atoms with E-state index in [2.05, 4.69) is 0 Å². The third-order valence-corrected chi connectivity index (χ3v) is 2.43. The summed E-state index contributed by atoms with van der Waals surface area (Å²) in [5.74, 6) is -1.93. The molecule has 0 aliphatic heterocycles. The number of carboxylic acids is 1. The fraction of sp³-hybridized carbons (Fsp3) is 0.818. The quantitative estimate of drug-likeness (QED) is 0.812. The Balaban J connectivity index is 4.66. The van der Waals surface area contributed by atoms with E-state index in [0.29, 0.717) is 11.3 Å². The van der Waals surface area contributed by atoms with Gasteiger partial charge in [0.1, 0.15) is 6.54 Å². The molecule has 0 fully saturated rings. The molecule has 1 atom stereocenters. The van der Waals surface area contributed by atoms with E-state index in [1.165, 1.54) is 14.0 Å². The number of halogens is 3. The minimum absolute atomic E-state index is 0.0237. The number of rotatable bonds is 6. The molecule has 0 aliphatic carbocycles. The minimum atomic E-state index is -4.47. The Morgan fingerprint density at radius 2 is 1.84 bits per heavy atom. The number of hydrogen-bond acceptors (Lipinski definition) is 2. The van der Waals surface area contributed by atoms with Crippen LogP contribution in [0.15, 0.2) is 0 Å². The zero-order valence-corrected chi connectivity index (χ0v) is 11.2.